The average molecular weight is 329 g/mol. The van der Waals surface area contributed by atoms with Gasteiger partial charge in [-0.1, -0.05) is 24.3 Å². The van der Waals surface area contributed by atoms with E-state index >= 15 is 0 Å². The fraction of sp³-hybridized carbons (Fsp3) is 0.278. The average Bonchev–Trinajstić information content (AvgIpc) is 3.02. The minimum atomic E-state index is -0.0550. The zero-order chi connectivity index (χ0) is 16.8. The Labute approximate surface area is 139 Å². The first-order valence-corrected chi connectivity index (χ1v) is 8.23. The van der Waals surface area contributed by atoms with E-state index in [1.807, 2.05) is 24.3 Å². The van der Waals surface area contributed by atoms with Crippen LogP contribution in [-0.2, 0) is 17.8 Å². The lowest BCUT2D eigenvalue weighted by molar-refractivity contribution is -0.119. The maximum Gasteiger partial charge on any atom is 0.217 e. The molecule has 0 fully saturated rings. The predicted molar refractivity (Wildman–Crippen MR) is 90.9 cm³/mol. The molecule has 0 unspecified atom stereocenters. The molecule has 23 heavy (non-hydrogen) atoms. The van der Waals surface area contributed by atoms with E-state index in [-0.39, 0.29) is 17.5 Å². The van der Waals surface area contributed by atoms with Crippen LogP contribution in [0, 0.1) is 0 Å². The summed E-state index contributed by atoms with van der Waals surface area (Å²) in [7, 11) is 0. The lowest BCUT2D eigenvalue weighted by Gasteiger charge is -2.04. The molecule has 0 bridgehead atoms. The van der Waals surface area contributed by atoms with E-state index in [0.29, 0.717) is 29.1 Å². The largest absolute Gasteiger partial charge is 0.352 e. The van der Waals surface area contributed by atoms with Crippen molar-refractivity contribution in [3.63, 3.8) is 0 Å². The van der Waals surface area contributed by atoms with Crippen molar-refractivity contribution < 1.29 is 14.4 Å². The Kier molecular flexibility index (Phi) is 5.82. The standard InChI is InChI=1S/C18H19NO3S/c1-12(20)17-9-10-18(23-17)16(22)8-7-14-3-5-15(6-4-14)11-19-13(2)21/h3-6,9-10H,7-8,11H2,1-2H3,(H,19,21). The molecular weight excluding hydrogens is 310 g/mol. The summed E-state index contributed by atoms with van der Waals surface area (Å²) < 4.78 is 0. The van der Waals surface area contributed by atoms with Crippen LogP contribution in [0.1, 0.15) is 50.7 Å². The van der Waals surface area contributed by atoms with E-state index in [0.717, 1.165) is 11.1 Å². The molecule has 1 aromatic carbocycles. The predicted octanol–water partition coefficient (Wildman–Crippen LogP) is 3.40. The fourth-order valence-corrected chi connectivity index (χ4v) is 2.98. The topological polar surface area (TPSA) is 63.2 Å². The van der Waals surface area contributed by atoms with Crippen molar-refractivity contribution in [3.05, 3.63) is 57.3 Å². The summed E-state index contributed by atoms with van der Waals surface area (Å²) in [4.78, 5) is 35.5. The van der Waals surface area contributed by atoms with Crippen LogP contribution in [0.15, 0.2) is 36.4 Å². The normalized spacial score (nSPS) is 10.3. The number of carbonyl (C=O) groups excluding carboxylic acids is 3. The summed E-state index contributed by atoms with van der Waals surface area (Å²) in [5, 5.41) is 2.75. The number of hydrogen-bond donors (Lipinski definition) is 1. The number of thiophene rings is 1. The lowest BCUT2D eigenvalue weighted by Crippen LogP contribution is -2.18. The van der Waals surface area contributed by atoms with E-state index in [1.165, 1.54) is 25.2 Å². The van der Waals surface area contributed by atoms with Gasteiger partial charge >= 0.3 is 0 Å². The number of carbonyl (C=O) groups is 3. The Bertz CT molecular complexity index is 716. The summed E-state index contributed by atoms with van der Waals surface area (Å²) >= 11 is 1.26. The van der Waals surface area contributed by atoms with Crippen LogP contribution >= 0.6 is 11.3 Å². The second-order valence-corrected chi connectivity index (χ2v) is 6.45. The molecule has 5 heteroatoms. The fourth-order valence-electron chi connectivity index (χ4n) is 2.11. The van der Waals surface area contributed by atoms with Crippen LogP contribution in [0.25, 0.3) is 0 Å². The third-order valence-electron chi connectivity index (χ3n) is 3.43. The molecule has 0 atom stereocenters. The number of nitrogens with one attached hydrogen (secondary N) is 1. The summed E-state index contributed by atoms with van der Waals surface area (Å²) in [5.74, 6) is -0.00539. The van der Waals surface area contributed by atoms with Gasteiger partial charge in [0.05, 0.1) is 9.75 Å². The molecular formula is C18H19NO3S. The number of aryl methyl sites for hydroxylation is 1. The molecule has 2 rings (SSSR count). The van der Waals surface area contributed by atoms with E-state index in [9.17, 15) is 14.4 Å². The van der Waals surface area contributed by atoms with Gasteiger partial charge in [0.2, 0.25) is 5.91 Å². The summed E-state index contributed by atoms with van der Waals surface area (Å²) in [6, 6.07) is 11.3. The molecule has 2 aromatic rings. The lowest BCUT2D eigenvalue weighted by atomic mass is 10.0. The van der Waals surface area contributed by atoms with E-state index in [2.05, 4.69) is 5.32 Å². The second kappa shape index (κ2) is 7.83. The van der Waals surface area contributed by atoms with Crippen molar-refractivity contribution in [3.8, 4) is 0 Å². The van der Waals surface area contributed by atoms with Crippen LogP contribution in [0.2, 0.25) is 0 Å². The van der Waals surface area contributed by atoms with Crippen LogP contribution < -0.4 is 5.32 Å². The Balaban J connectivity index is 1.88. The number of hydrogen-bond acceptors (Lipinski definition) is 4. The van der Waals surface area contributed by atoms with Gasteiger partial charge < -0.3 is 5.32 Å². The molecule has 0 saturated carbocycles. The zero-order valence-corrected chi connectivity index (χ0v) is 14.0. The first-order valence-electron chi connectivity index (χ1n) is 7.42. The molecule has 0 aliphatic rings. The zero-order valence-electron chi connectivity index (χ0n) is 13.2. The monoisotopic (exact) mass is 329 g/mol. The Morgan fingerprint density at radius 3 is 2.09 bits per heavy atom. The van der Waals surface area contributed by atoms with Gasteiger partial charge in [0, 0.05) is 19.9 Å². The van der Waals surface area contributed by atoms with Crippen LogP contribution in [0.5, 0.6) is 0 Å². The number of Topliss-reactive ketones (excluding diaryl/α,β-unsaturated/α-hetero) is 2. The van der Waals surface area contributed by atoms with Crippen LogP contribution in [-0.4, -0.2) is 17.5 Å². The molecule has 4 nitrogen and oxygen atoms in total. The van der Waals surface area contributed by atoms with Crippen molar-refractivity contribution in [1.29, 1.82) is 0 Å². The molecule has 1 aromatic heterocycles. The molecule has 0 aliphatic heterocycles. The molecule has 0 spiro atoms. The van der Waals surface area contributed by atoms with Crippen molar-refractivity contribution in [1.82, 2.24) is 5.32 Å². The number of amides is 1. The first kappa shape index (κ1) is 17.1. The Hall–Kier alpha value is -2.27. The highest BCUT2D eigenvalue weighted by molar-refractivity contribution is 7.16. The van der Waals surface area contributed by atoms with Crippen molar-refractivity contribution >= 4 is 28.8 Å². The highest BCUT2D eigenvalue weighted by atomic mass is 32.1. The molecule has 0 aliphatic carbocycles. The van der Waals surface area contributed by atoms with E-state index in [1.54, 1.807) is 12.1 Å². The summed E-state index contributed by atoms with van der Waals surface area (Å²) in [5.41, 5.74) is 2.10. The number of benzene rings is 1. The summed E-state index contributed by atoms with van der Waals surface area (Å²) in [6.07, 6.45) is 1.08. The molecule has 1 amide bonds. The van der Waals surface area contributed by atoms with E-state index < -0.39 is 0 Å². The van der Waals surface area contributed by atoms with Gasteiger partial charge in [-0.25, -0.2) is 0 Å². The highest BCUT2D eigenvalue weighted by Gasteiger charge is 2.11. The van der Waals surface area contributed by atoms with Gasteiger partial charge in [0.25, 0.3) is 0 Å². The summed E-state index contributed by atoms with van der Waals surface area (Å²) in [6.45, 7) is 3.50. The van der Waals surface area contributed by atoms with Crippen LogP contribution in [0.3, 0.4) is 0 Å². The molecule has 120 valence electrons. The van der Waals surface area contributed by atoms with Crippen LogP contribution in [0.4, 0.5) is 0 Å². The molecule has 1 N–H and O–H groups in total. The Morgan fingerprint density at radius 1 is 0.913 bits per heavy atom. The van der Waals surface area contributed by atoms with Crippen molar-refractivity contribution in [2.24, 2.45) is 0 Å². The maximum absolute atomic E-state index is 12.1. The van der Waals surface area contributed by atoms with Gasteiger partial charge in [-0.05, 0) is 36.6 Å². The smallest absolute Gasteiger partial charge is 0.217 e. The molecule has 0 saturated heterocycles. The number of ketones is 2. The maximum atomic E-state index is 12.1. The van der Waals surface area contributed by atoms with Gasteiger partial charge in [0.1, 0.15) is 0 Å². The first-order chi connectivity index (χ1) is 11.0. The van der Waals surface area contributed by atoms with E-state index in [4.69, 9.17) is 0 Å². The quantitative estimate of drug-likeness (QED) is 0.792. The SMILES string of the molecule is CC(=O)NCc1ccc(CCC(=O)c2ccc(C(C)=O)s2)cc1. The highest BCUT2D eigenvalue weighted by Crippen LogP contribution is 2.19. The molecule has 0 radical (unpaired) electrons. The van der Waals surface area contributed by atoms with Crippen molar-refractivity contribution in [2.75, 3.05) is 0 Å². The Morgan fingerprint density at radius 2 is 1.52 bits per heavy atom. The minimum Gasteiger partial charge on any atom is -0.352 e. The third kappa shape index (κ3) is 5.14. The number of rotatable bonds is 7. The van der Waals surface area contributed by atoms with Crippen molar-refractivity contribution in [2.45, 2.75) is 33.2 Å². The minimum absolute atomic E-state index is 0.0104. The second-order valence-electron chi connectivity index (χ2n) is 5.37. The van der Waals surface area contributed by atoms with Gasteiger partial charge in [0.15, 0.2) is 11.6 Å². The third-order valence-corrected chi connectivity index (χ3v) is 4.66. The van der Waals surface area contributed by atoms with Gasteiger partial charge in [-0.2, -0.15) is 0 Å². The van der Waals surface area contributed by atoms with Gasteiger partial charge in [-0.3, -0.25) is 14.4 Å². The van der Waals surface area contributed by atoms with Gasteiger partial charge in [-0.15, -0.1) is 11.3 Å². The molecule has 1 heterocycles.